The molecule has 0 bridgehead atoms. The van der Waals surface area contributed by atoms with E-state index < -0.39 is 21.0 Å². The van der Waals surface area contributed by atoms with Gasteiger partial charge in [0.05, 0.1) is 5.75 Å². The number of hydrogen-bond donors (Lipinski definition) is 1. The van der Waals surface area contributed by atoms with E-state index in [9.17, 15) is 13.2 Å². The van der Waals surface area contributed by atoms with Crippen molar-refractivity contribution in [2.45, 2.75) is 44.9 Å². The Morgan fingerprint density at radius 3 is 2.33 bits per heavy atom. The normalized spacial score (nSPS) is 14.5. The maximum atomic E-state index is 12.0. The van der Waals surface area contributed by atoms with E-state index in [4.69, 9.17) is 0 Å². The number of nitrogens with one attached hydrogen (secondary N) is 1. The van der Waals surface area contributed by atoms with Gasteiger partial charge in [0, 0.05) is 10.5 Å². The lowest BCUT2D eigenvalue weighted by Crippen LogP contribution is -2.43. The van der Waals surface area contributed by atoms with Crippen LogP contribution in [0.2, 0.25) is 0 Å². The van der Waals surface area contributed by atoms with Crippen LogP contribution in [0.1, 0.15) is 32.8 Å². The molecule has 0 saturated heterocycles. The van der Waals surface area contributed by atoms with Gasteiger partial charge in [0.2, 0.25) is 5.91 Å². The van der Waals surface area contributed by atoms with E-state index in [1.165, 1.54) is 6.92 Å². The van der Waals surface area contributed by atoms with Crippen molar-refractivity contribution in [2.75, 3.05) is 5.75 Å². The molecule has 21 heavy (non-hydrogen) atoms. The van der Waals surface area contributed by atoms with E-state index >= 15 is 0 Å². The largest absolute Gasteiger partial charge is 0.352 e. The lowest BCUT2D eigenvalue weighted by molar-refractivity contribution is -0.121. The summed E-state index contributed by atoms with van der Waals surface area (Å²) in [6.07, 6.45) is 1.19. The zero-order valence-corrected chi connectivity index (χ0v) is 15.0. The fourth-order valence-corrected chi connectivity index (χ4v) is 3.59. The van der Waals surface area contributed by atoms with Gasteiger partial charge in [-0.2, -0.15) is 0 Å². The molecular formula is C15H22BrNO3S. The van der Waals surface area contributed by atoms with Crippen molar-refractivity contribution < 1.29 is 13.2 Å². The van der Waals surface area contributed by atoms with Gasteiger partial charge in [-0.3, -0.25) is 4.79 Å². The minimum atomic E-state index is -3.35. The summed E-state index contributed by atoms with van der Waals surface area (Å²) < 4.78 is 24.8. The first-order valence-corrected chi connectivity index (χ1v) is 9.53. The second-order valence-electron chi connectivity index (χ2n) is 5.25. The minimum Gasteiger partial charge on any atom is -0.352 e. The van der Waals surface area contributed by atoms with Crippen LogP contribution in [0.15, 0.2) is 28.7 Å². The van der Waals surface area contributed by atoms with Gasteiger partial charge >= 0.3 is 0 Å². The van der Waals surface area contributed by atoms with Gasteiger partial charge in [0.25, 0.3) is 0 Å². The van der Waals surface area contributed by atoms with Gasteiger partial charge in [-0.15, -0.1) is 0 Å². The highest BCUT2D eigenvalue weighted by Crippen LogP contribution is 2.12. The topological polar surface area (TPSA) is 63.2 Å². The summed E-state index contributed by atoms with van der Waals surface area (Å²) in [5.41, 5.74) is 1.09. The van der Waals surface area contributed by atoms with Crippen LogP contribution >= 0.6 is 15.9 Å². The Morgan fingerprint density at radius 1 is 1.24 bits per heavy atom. The van der Waals surface area contributed by atoms with Gasteiger partial charge in [-0.05, 0) is 44.4 Å². The summed E-state index contributed by atoms with van der Waals surface area (Å²) >= 11 is 3.37. The number of halogens is 1. The molecule has 0 aliphatic heterocycles. The first-order valence-electron chi connectivity index (χ1n) is 7.02. The van der Waals surface area contributed by atoms with E-state index in [0.29, 0.717) is 12.8 Å². The molecule has 1 N–H and O–H groups in total. The second-order valence-corrected chi connectivity index (χ2v) is 8.61. The Balaban J connectivity index is 2.59. The molecule has 0 aliphatic carbocycles. The Morgan fingerprint density at radius 2 is 1.81 bits per heavy atom. The Hall–Kier alpha value is -0.880. The summed E-state index contributed by atoms with van der Waals surface area (Å²) in [5, 5.41) is 1.78. The van der Waals surface area contributed by atoms with Crippen LogP contribution in [0.25, 0.3) is 0 Å². The number of carbonyl (C=O) groups is 1. The molecular weight excluding hydrogens is 354 g/mol. The van der Waals surface area contributed by atoms with E-state index in [1.54, 1.807) is 6.92 Å². The highest BCUT2D eigenvalue weighted by molar-refractivity contribution is 9.10. The van der Waals surface area contributed by atoms with Gasteiger partial charge in [0.1, 0.15) is 5.25 Å². The molecule has 0 fully saturated rings. The molecule has 1 amide bonds. The molecule has 0 spiro atoms. The monoisotopic (exact) mass is 375 g/mol. The van der Waals surface area contributed by atoms with Gasteiger partial charge < -0.3 is 5.32 Å². The zero-order chi connectivity index (χ0) is 16.0. The van der Waals surface area contributed by atoms with Crippen LogP contribution in [-0.2, 0) is 21.1 Å². The third kappa shape index (κ3) is 5.79. The number of amides is 1. The lowest BCUT2D eigenvalue weighted by atomic mass is 10.1. The van der Waals surface area contributed by atoms with Crippen LogP contribution in [0.3, 0.4) is 0 Å². The zero-order valence-electron chi connectivity index (χ0n) is 12.6. The van der Waals surface area contributed by atoms with Crippen molar-refractivity contribution in [3.63, 3.8) is 0 Å². The van der Waals surface area contributed by atoms with Crippen molar-refractivity contribution >= 4 is 31.7 Å². The van der Waals surface area contributed by atoms with Crippen molar-refractivity contribution in [3.8, 4) is 0 Å². The number of carbonyl (C=O) groups excluding carboxylic acids is 1. The Kier molecular flexibility index (Phi) is 6.87. The fraction of sp³-hybridized carbons (Fsp3) is 0.533. The number of rotatable bonds is 7. The summed E-state index contributed by atoms with van der Waals surface area (Å²) in [6, 6.07) is 7.72. The predicted octanol–water partition coefficient (Wildman–Crippen LogP) is 2.71. The third-order valence-corrected chi connectivity index (χ3v) is 6.04. The molecule has 6 heteroatoms. The first kappa shape index (κ1) is 18.2. The van der Waals surface area contributed by atoms with Gasteiger partial charge in [-0.1, -0.05) is 35.0 Å². The molecule has 0 unspecified atom stereocenters. The van der Waals surface area contributed by atoms with E-state index in [1.807, 2.05) is 31.2 Å². The number of sulfone groups is 1. The second kappa shape index (κ2) is 7.94. The molecule has 0 aromatic heterocycles. The molecule has 1 aromatic rings. The molecule has 0 aliphatic rings. The molecule has 0 radical (unpaired) electrons. The molecule has 1 aromatic carbocycles. The maximum Gasteiger partial charge on any atom is 0.238 e. The van der Waals surface area contributed by atoms with Crippen molar-refractivity contribution in [1.29, 1.82) is 0 Å². The van der Waals surface area contributed by atoms with E-state index in [0.717, 1.165) is 10.0 Å². The summed E-state index contributed by atoms with van der Waals surface area (Å²) in [7, 11) is -3.35. The third-order valence-electron chi connectivity index (χ3n) is 3.24. The average molecular weight is 376 g/mol. The molecule has 118 valence electrons. The molecule has 0 saturated carbocycles. The van der Waals surface area contributed by atoms with Crippen molar-refractivity contribution in [1.82, 2.24) is 5.32 Å². The highest BCUT2D eigenvalue weighted by Gasteiger charge is 2.27. The first-order chi connectivity index (χ1) is 9.76. The quantitative estimate of drug-likeness (QED) is 0.796. The standard InChI is InChI=1S/C15H22BrNO3S/c1-4-9-21(19,20)12(3)15(18)17-11(2)10-13-5-7-14(16)8-6-13/h5-8,11-12H,4,9-10H2,1-3H3,(H,17,18)/t11-,12+/m0/s1. The maximum absolute atomic E-state index is 12.0. The number of benzene rings is 1. The molecule has 1 rings (SSSR count). The van der Waals surface area contributed by atoms with Crippen LogP contribution in [0.5, 0.6) is 0 Å². The predicted molar refractivity (Wildman–Crippen MR) is 89.0 cm³/mol. The lowest BCUT2D eigenvalue weighted by Gasteiger charge is -2.18. The van der Waals surface area contributed by atoms with Crippen LogP contribution in [-0.4, -0.2) is 31.4 Å². The Labute approximate surface area is 135 Å². The summed E-state index contributed by atoms with van der Waals surface area (Å²) in [4.78, 5) is 12.0. The average Bonchev–Trinajstić information content (AvgIpc) is 2.40. The molecule has 2 atom stereocenters. The van der Waals surface area contributed by atoms with E-state index in [-0.39, 0.29) is 11.8 Å². The Bertz CT molecular complexity index is 569. The number of hydrogen-bond acceptors (Lipinski definition) is 3. The van der Waals surface area contributed by atoms with Gasteiger partial charge in [-0.25, -0.2) is 8.42 Å². The molecule has 4 nitrogen and oxygen atoms in total. The highest BCUT2D eigenvalue weighted by atomic mass is 79.9. The summed E-state index contributed by atoms with van der Waals surface area (Å²) in [5.74, 6) is -0.379. The van der Waals surface area contributed by atoms with Crippen LogP contribution < -0.4 is 5.32 Å². The molecule has 0 heterocycles. The van der Waals surface area contributed by atoms with Crippen LogP contribution in [0.4, 0.5) is 0 Å². The van der Waals surface area contributed by atoms with Crippen LogP contribution in [0, 0.1) is 0 Å². The van der Waals surface area contributed by atoms with E-state index in [2.05, 4.69) is 21.2 Å². The van der Waals surface area contributed by atoms with Crippen molar-refractivity contribution in [3.05, 3.63) is 34.3 Å². The SMILES string of the molecule is CCCS(=O)(=O)[C@H](C)C(=O)N[C@@H](C)Cc1ccc(Br)cc1. The van der Waals surface area contributed by atoms with Gasteiger partial charge in [0.15, 0.2) is 9.84 Å². The smallest absolute Gasteiger partial charge is 0.238 e. The summed E-state index contributed by atoms with van der Waals surface area (Å²) in [6.45, 7) is 5.12. The van der Waals surface area contributed by atoms with Crippen molar-refractivity contribution in [2.24, 2.45) is 0 Å². The minimum absolute atomic E-state index is 0.0443. The fourth-order valence-electron chi connectivity index (χ4n) is 2.01.